The largest absolute Gasteiger partial charge is 0.489 e. The monoisotopic (exact) mass is 411 g/mol. The molecule has 5 heteroatoms. The van der Waals surface area contributed by atoms with Crippen LogP contribution in [0, 0.1) is 3.57 Å². The van der Waals surface area contributed by atoms with Gasteiger partial charge in [0.25, 0.3) is 0 Å². The molecule has 0 bridgehead atoms. The summed E-state index contributed by atoms with van der Waals surface area (Å²) in [5.41, 5.74) is 1.97. The van der Waals surface area contributed by atoms with Crippen molar-refractivity contribution in [2.75, 3.05) is 7.05 Å². The standard InChI is InChI=1S/C17H18INO3/c1-19-15(17(20)21)10-13-9-14(18)7-8-16(13)22-11-12-5-3-2-4-6-12/h2-9,15,19H,10-11H2,1H3,(H,20,21)/t15-/m0/s1. The van der Waals surface area contributed by atoms with E-state index in [0.717, 1.165) is 20.4 Å². The molecule has 0 saturated heterocycles. The van der Waals surface area contributed by atoms with Crippen molar-refractivity contribution in [3.8, 4) is 5.75 Å². The molecule has 1 atom stereocenters. The predicted octanol–water partition coefficient (Wildman–Crippen LogP) is 3.09. The first-order valence-electron chi connectivity index (χ1n) is 6.95. The van der Waals surface area contributed by atoms with E-state index in [0.29, 0.717) is 13.0 Å². The first-order chi connectivity index (χ1) is 10.6. The Bertz CT molecular complexity index is 631. The Hall–Kier alpha value is -1.60. The zero-order valence-electron chi connectivity index (χ0n) is 12.3. The molecule has 22 heavy (non-hydrogen) atoms. The van der Waals surface area contributed by atoms with Crippen LogP contribution in [0.15, 0.2) is 48.5 Å². The van der Waals surface area contributed by atoms with Gasteiger partial charge >= 0.3 is 5.97 Å². The molecule has 2 aromatic rings. The fourth-order valence-electron chi connectivity index (χ4n) is 2.12. The van der Waals surface area contributed by atoms with E-state index in [1.54, 1.807) is 7.05 Å². The summed E-state index contributed by atoms with van der Waals surface area (Å²) in [7, 11) is 1.65. The fraction of sp³-hybridized carbons (Fsp3) is 0.235. The second-order valence-electron chi connectivity index (χ2n) is 4.91. The quantitative estimate of drug-likeness (QED) is 0.688. The van der Waals surface area contributed by atoms with E-state index >= 15 is 0 Å². The third kappa shape index (κ3) is 4.71. The number of likely N-dealkylation sites (N-methyl/N-ethyl adjacent to an activating group) is 1. The molecular formula is C17H18INO3. The normalized spacial score (nSPS) is 11.9. The molecule has 2 rings (SSSR count). The number of carboxylic acids is 1. The maximum Gasteiger partial charge on any atom is 0.321 e. The van der Waals surface area contributed by atoms with Crippen LogP contribution in [0.3, 0.4) is 0 Å². The van der Waals surface area contributed by atoms with E-state index in [-0.39, 0.29) is 0 Å². The van der Waals surface area contributed by atoms with Gasteiger partial charge in [-0.05, 0) is 59.0 Å². The molecule has 0 spiro atoms. The van der Waals surface area contributed by atoms with Crippen LogP contribution in [-0.4, -0.2) is 24.2 Å². The minimum atomic E-state index is -0.865. The van der Waals surface area contributed by atoms with Crippen LogP contribution in [0.2, 0.25) is 0 Å². The molecule has 0 unspecified atom stereocenters. The number of hydrogen-bond donors (Lipinski definition) is 2. The number of ether oxygens (including phenoxy) is 1. The van der Waals surface area contributed by atoms with Gasteiger partial charge in [-0.3, -0.25) is 4.79 Å². The third-order valence-electron chi connectivity index (χ3n) is 3.33. The van der Waals surface area contributed by atoms with Gasteiger partial charge in [-0.1, -0.05) is 30.3 Å². The van der Waals surface area contributed by atoms with Crippen molar-refractivity contribution in [2.45, 2.75) is 19.1 Å². The van der Waals surface area contributed by atoms with Gasteiger partial charge in [0.15, 0.2) is 0 Å². The highest BCUT2D eigenvalue weighted by Crippen LogP contribution is 2.24. The molecule has 0 heterocycles. The van der Waals surface area contributed by atoms with Gasteiger partial charge in [0.05, 0.1) is 0 Å². The van der Waals surface area contributed by atoms with Gasteiger partial charge in [0.2, 0.25) is 0 Å². The summed E-state index contributed by atoms with van der Waals surface area (Å²) in [4.78, 5) is 11.2. The van der Waals surface area contributed by atoms with Crippen LogP contribution in [0.4, 0.5) is 0 Å². The zero-order valence-corrected chi connectivity index (χ0v) is 14.4. The number of aliphatic carboxylic acids is 1. The summed E-state index contributed by atoms with van der Waals surface area (Å²) in [6, 6.07) is 15.1. The molecule has 2 aromatic carbocycles. The lowest BCUT2D eigenvalue weighted by atomic mass is 10.1. The van der Waals surface area contributed by atoms with Gasteiger partial charge in [-0.15, -0.1) is 0 Å². The van der Waals surface area contributed by atoms with Crippen LogP contribution in [0.5, 0.6) is 5.75 Å². The van der Waals surface area contributed by atoms with Gasteiger partial charge in [0, 0.05) is 9.99 Å². The van der Waals surface area contributed by atoms with Crippen LogP contribution >= 0.6 is 22.6 Å². The number of nitrogens with one attached hydrogen (secondary N) is 1. The van der Waals surface area contributed by atoms with Crippen LogP contribution < -0.4 is 10.1 Å². The number of benzene rings is 2. The number of rotatable bonds is 7. The van der Waals surface area contributed by atoms with Crippen LogP contribution in [0.1, 0.15) is 11.1 Å². The van der Waals surface area contributed by atoms with E-state index in [2.05, 4.69) is 27.9 Å². The van der Waals surface area contributed by atoms with Gasteiger partial charge in [-0.2, -0.15) is 0 Å². The maximum absolute atomic E-state index is 11.2. The second kappa shape index (κ2) is 8.14. The third-order valence-corrected chi connectivity index (χ3v) is 4.00. The Morgan fingerprint density at radius 2 is 2.00 bits per heavy atom. The van der Waals surface area contributed by atoms with Crippen molar-refractivity contribution in [3.63, 3.8) is 0 Å². The van der Waals surface area contributed by atoms with Gasteiger partial charge in [0.1, 0.15) is 18.4 Å². The first kappa shape index (κ1) is 16.8. The maximum atomic E-state index is 11.2. The SMILES string of the molecule is CN[C@@H](Cc1cc(I)ccc1OCc1ccccc1)C(=O)O. The van der Waals surface area contributed by atoms with Crippen LogP contribution in [-0.2, 0) is 17.8 Å². The summed E-state index contributed by atoms with van der Waals surface area (Å²) in [6.07, 6.45) is 0.382. The minimum Gasteiger partial charge on any atom is -0.489 e. The highest BCUT2D eigenvalue weighted by atomic mass is 127. The fourth-order valence-corrected chi connectivity index (χ4v) is 2.67. The highest BCUT2D eigenvalue weighted by Gasteiger charge is 2.18. The molecule has 0 fully saturated rings. The topological polar surface area (TPSA) is 58.6 Å². The summed E-state index contributed by atoms with van der Waals surface area (Å²) in [6.45, 7) is 0.464. The van der Waals surface area contributed by atoms with Crippen molar-refractivity contribution in [3.05, 3.63) is 63.2 Å². The number of halogens is 1. The lowest BCUT2D eigenvalue weighted by molar-refractivity contribution is -0.139. The predicted molar refractivity (Wildman–Crippen MR) is 94.1 cm³/mol. The minimum absolute atomic E-state index is 0.382. The number of carbonyl (C=O) groups is 1. The van der Waals surface area contributed by atoms with Crippen LogP contribution in [0.25, 0.3) is 0 Å². The molecule has 116 valence electrons. The lowest BCUT2D eigenvalue weighted by Gasteiger charge is -2.16. The molecule has 0 aliphatic carbocycles. The molecule has 4 nitrogen and oxygen atoms in total. The van der Waals surface area contributed by atoms with Crippen molar-refractivity contribution in [1.82, 2.24) is 5.32 Å². The average molecular weight is 411 g/mol. The summed E-state index contributed by atoms with van der Waals surface area (Å²) in [5.74, 6) is -0.138. The number of hydrogen-bond acceptors (Lipinski definition) is 3. The summed E-state index contributed by atoms with van der Waals surface area (Å²) in [5, 5.41) is 12.0. The Kier molecular flexibility index (Phi) is 6.21. The molecule has 0 aliphatic heterocycles. The highest BCUT2D eigenvalue weighted by molar-refractivity contribution is 14.1. The van der Waals surface area contributed by atoms with E-state index in [4.69, 9.17) is 4.74 Å². The molecule has 2 N–H and O–H groups in total. The summed E-state index contributed by atoms with van der Waals surface area (Å²) >= 11 is 2.21. The first-order valence-corrected chi connectivity index (χ1v) is 8.03. The van der Waals surface area contributed by atoms with Crippen molar-refractivity contribution in [2.24, 2.45) is 0 Å². The average Bonchev–Trinajstić information content (AvgIpc) is 2.52. The number of carboxylic acid groups (broad SMARTS) is 1. The second-order valence-corrected chi connectivity index (χ2v) is 6.16. The molecule has 0 aliphatic rings. The Morgan fingerprint density at radius 1 is 1.27 bits per heavy atom. The summed E-state index contributed by atoms with van der Waals surface area (Å²) < 4.78 is 6.93. The Morgan fingerprint density at radius 3 is 2.64 bits per heavy atom. The molecule has 0 amide bonds. The molecule has 0 aromatic heterocycles. The van der Waals surface area contributed by atoms with E-state index in [1.807, 2.05) is 48.5 Å². The van der Waals surface area contributed by atoms with E-state index < -0.39 is 12.0 Å². The molecule has 0 saturated carbocycles. The van der Waals surface area contributed by atoms with Crippen molar-refractivity contribution in [1.29, 1.82) is 0 Å². The molecular weight excluding hydrogens is 393 g/mol. The Balaban J connectivity index is 2.15. The van der Waals surface area contributed by atoms with E-state index in [9.17, 15) is 9.90 Å². The molecule has 0 radical (unpaired) electrons. The van der Waals surface area contributed by atoms with Gasteiger partial charge in [-0.25, -0.2) is 0 Å². The Labute approximate surface area is 143 Å². The van der Waals surface area contributed by atoms with Crippen molar-refractivity contribution >= 4 is 28.6 Å². The van der Waals surface area contributed by atoms with Crippen molar-refractivity contribution < 1.29 is 14.6 Å². The van der Waals surface area contributed by atoms with Gasteiger partial charge < -0.3 is 15.2 Å². The van der Waals surface area contributed by atoms with E-state index in [1.165, 1.54) is 0 Å². The zero-order chi connectivity index (χ0) is 15.9. The lowest BCUT2D eigenvalue weighted by Crippen LogP contribution is -2.35. The smallest absolute Gasteiger partial charge is 0.321 e.